The number of rotatable bonds is 5. The van der Waals surface area contributed by atoms with Gasteiger partial charge in [0, 0.05) is 17.1 Å². The predicted octanol–water partition coefficient (Wildman–Crippen LogP) is 3.06. The number of sulfonamides is 1. The highest BCUT2D eigenvalue weighted by Gasteiger charge is 2.27. The summed E-state index contributed by atoms with van der Waals surface area (Å²) in [5, 5.41) is 3.05. The zero-order valence-electron chi connectivity index (χ0n) is 17.3. The molecule has 2 aromatic rings. The topological polar surface area (TPSA) is 84.5 Å². The van der Waals surface area contributed by atoms with E-state index in [9.17, 15) is 13.2 Å². The van der Waals surface area contributed by atoms with E-state index in [1.54, 1.807) is 26.8 Å². The van der Waals surface area contributed by atoms with Crippen LogP contribution in [-0.2, 0) is 22.9 Å². The van der Waals surface area contributed by atoms with Crippen molar-refractivity contribution < 1.29 is 17.9 Å². The fraction of sp³-hybridized carbons (Fsp3) is 0.409. The number of ether oxygens (including phenoxy) is 1. The lowest BCUT2D eigenvalue weighted by molar-refractivity contribution is 0.0933. The fourth-order valence-corrected chi connectivity index (χ4v) is 5.19. The highest BCUT2D eigenvalue weighted by atomic mass is 32.2. The van der Waals surface area contributed by atoms with E-state index in [1.807, 2.05) is 12.1 Å². The quantitative estimate of drug-likeness (QED) is 0.785. The number of aryl methyl sites for hydroxylation is 1. The Balaban J connectivity index is 1.81. The molecule has 0 heterocycles. The summed E-state index contributed by atoms with van der Waals surface area (Å²) < 4.78 is 33.4. The van der Waals surface area contributed by atoms with Gasteiger partial charge >= 0.3 is 0 Å². The molecular weight excluding hydrogens is 388 g/mol. The predicted molar refractivity (Wildman–Crippen MR) is 113 cm³/mol. The minimum atomic E-state index is -3.84. The summed E-state index contributed by atoms with van der Waals surface area (Å²) in [5.74, 6) is -0.0888. The lowest BCUT2D eigenvalue weighted by atomic mass is 9.88. The summed E-state index contributed by atoms with van der Waals surface area (Å²) in [6.45, 7) is 5.28. The molecule has 6 nitrogen and oxygen atoms in total. The Morgan fingerprint density at radius 3 is 2.45 bits per heavy atom. The summed E-state index contributed by atoms with van der Waals surface area (Å²) in [4.78, 5) is 12.8. The zero-order chi connectivity index (χ0) is 21.2. The van der Waals surface area contributed by atoms with Crippen LogP contribution in [0.5, 0.6) is 5.75 Å². The van der Waals surface area contributed by atoms with E-state index in [-0.39, 0.29) is 22.6 Å². The maximum absolute atomic E-state index is 12.8. The van der Waals surface area contributed by atoms with E-state index in [0.29, 0.717) is 5.56 Å². The van der Waals surface area contributed by atoms with Crippen molar-refractivity contribution in [1.29, 1.82) is 0 Å². The van der Waals surface area contributed by atoms with Gasteiger partial charge in [-0.3, -0.25) is 4.79 Å². The van der Waals surface area contributed by atoms with E-state index in [1.165, 1.54) is 30.4 Å². The van der Waals surface area contributed by atoms with Crippen LogP contribution < -0.4 is 14.8 Å². The first-order chi connectivity index (χ1) is 13.6. The maximum Gasteiger partial charge on any atom is 0.251 e. The van der Waals surface area contributed by atoms with Crippen LogP contribution >= 0.6 is 0 Å². The molecule has 0 fully saturated rings. The van der Waals surface area contributed by atoms with Crippen molar-refractivity contribution in [2.24, 2.45) is 0 Å². The fourth-order valence-electron chi connectivity index (χ4n) is 3.58. The Kier molecular flexibility index (Phi) is 6.00. The third-order valence-electron chi connectivity index (χ3n) is 4.84. The van der Waals surface area contributed by atoms with Gasteiger partial charge in [-0.25, -0.2) is 13.1 Å². The minimum absolute atomic E-state index is 0.0206. The third kappa shape index (κ3) is 5.16. The minimum Gasteiger partial charge on any atom is -0.495 e. The van der Waals surface area contributed by atoms with E-state index >= 15 is 0 Å². The Morgan fingerprint density at radius 2 is 1.79 bits per heavy atom. The van der Waals surface area contributed by atoms with Gasteiger partial charge < -0.3 is 10.1 Å². The van der Waals surface area contributed by atoms with E-state index < -0.39 is 15.6 Å². The van der Waals surface area contributed by atoms with Crippen LogP contribution in [0.4, 0.5) is 0 Å². The number of amides is 1. The van der Waals surface area contributed by atoms with Gasteiger partial charge in [-0.2, -0.15) is 0 Å². The van der Waals surface area contributed by atoms with Gasteiger partial charge in [0.25, 0.3) is 5.91 Å². The molecule has 1 aliphatic carbocycles. The van der Waals surface area contributed by atoms with E-state index in [0.717, 1.165) is 19.3 Å². The van der Waals surface area contributed by atoms with Crippen molar-refractivity contribution in [3.8, 4) is 5.75 Å². The van der Waals surface area contributed by atoms with Crippen LogP contribution in [0.25, 0.3) is 0 Å². The van der Waals surface area contributed by atoms with E-state index in [4.69, 9.17) is 4.74 Å². The average Bonchev–Trinajstić information content (AvgIpc) is 2.65. The summed E-state index contributed by atoms with van der Waals surface area (Å²) in [5.41, 5.74) is 2.21. The number of methoxy groups -OCH3 is 1. The molecule has 7 heteroatoms. The lowest BCUT2D eigenvalue weighted by Crippen LogP contribution is -2.41. The Bertz CT molecular complexity index is 1010. The van der Waals surface area contributed by atoms with Gasteiger partial charge in [-0.05, 0) is 69.4 Å². The first-order valence-corrected chi connectivity index (χ1v) is 11.2. The second-order valence-corrected chi connectivity index (χ2v) is 10.1. The van der Waals surface area contributed by atoms with Crippen LogP contribution in [0.15, 0.2) is 47.4 Å². The number of carbonyl (C=O) groups is 1. The highest BCUT2D eigenvalue weighted by molar-refractivity contribution is 7.89. The first-order valence-electron chi connectivity index (χ1n) is 9.69. The Hall–Kier alpha value is -2.38. The summed E-state index contributed by atoms with van der Waals surface area (Å²) in [6, 6.07) is 12.7. The molecule has 2 N–H and O–H groups in total. The summed E-state index contributed by atoms with van der Waals surface area (Å²) in [6.07, 6.45) is 2.54. The lowest BCUT2D eigenvalue weighted by Gasteiger charge is -2.25. The molecule has 0 aromatic heterocycles. The van der Waals surface area contributed by atoms with E-state index in [2.05, 4.69) is 22.2 Å². The van der Waals surface area contributed by atoms with Crippen LogP contribution in [0.1, 0.15) is 48.7 Å². The molecule has 3 rings (SSSR count). The van der Waals surface area contributed by atoms with Crippen LogP contribution in [0, 0.1) is 0 Å². The van der Waals surface area contributed by atoms with Gasteiger partial charge in [0.1, 0.15) is 10.6 Å². The number of hydrogen-bond donors (Lipinski definition) is 2. The molecule has 1 unspecified atom stereocenters. The molecule has 2 aromatic carbocycles. The smallest absolute Gasteiger partial charge is 0.251 e. The second kappa shape index (κ2) is 8.16. The number of benzene rings is 2. The van der Waals surface area contributed by atoms with Gasteiger partial charge in [0.15, 0.2) is 0 Å². The summed E-state index contributed by atoms with van der Waals surface area (Å²) >= 11 is 0. The molecule has 1 aliphatic rings. The third-order valence-corrected chi connectivity index (χ3v) is 6.62. The van der Waals surface area contributed by atoms with Crippen molar-refractivity contribution in [2.75, 3.05) is 7.11 Å². The van der Waals surface area contributed by atoms with Gasteiger partial charge in [0.05, 0.1) is 7.11 Å². The molecule has 0 saturated heterocycles. The molecule has 0 bridgehead atoms. The van der Waals surface area contributed by atoms with Gasteiger partial charge in [0.2, 0.25) is 10.0 Å². The summed E-state index contributed by atoms with van der Waals surface area (Å²) in [7, 11) is -2.44. The van der Waals surface area contributed by atoms with Crippen molar-refractivity contribution in [1.82, 2.24) is 10.0 Å². The van der Waals surface area contributed by atoms with Crippen LogP contribution in [-0.4, -0.2) is 33.0 Å². The SMILES string of the molecule is COc1ccc(C(=O)NC2CCc3ccccc3C2)cc1S(=O)(=O)NC(C)(C)C. The average molecular weight is 417 g/mol. The molecule has 1 atom stereocenters. The first kappa shape index (κ1) is 21.3. The number of nitrogens with one attached hydrogen (secondary N) is 2. The molecule has 0 aliphatic heterocycles. The van der Waals surface area contributed by atoms with Crippen molar-refractivity contribution >= 4 is 15.9 Å². The normalized spacial score (nSPS) is 16.8. The van der Waals surface area contributed by atoms with Gasteiger partial charge in [-0.1, -0.05) is 24.3 Å². The van der Waals surface area contributed by atoms with Crippen molar-refractivity contribution in [3.05, 3.63) is 59.2 Å². The molecule has 0 radical (unpaired) electrons. The molecule has 29 heavy (non-hydrogen) atoms. The van der Waals surface area contributed by atoms with Gasteiger partial charge in [-0.15, -0.1) is 0 Å². The second-order valence-electron chi connectivity index (χ2n) is 8.40. The molecule has 0 spiro atoms. The number of carbonyl (C=O) groups excluding carboxylic acids is 1. The molecule has 1 amide bonds. The van der Waals surface area contributed by atoms with Crippen molar-refractivity contribution in [3.63, 3.8) is 0 Å². The molecule has 156 valence electrons. The highest BCUT2D eigenvalue weighted by Crippen LogP contribution is 2.27. The number of hydrogen-bond acceptors (Lipinski definition) is 4. The standard InChI is InChI=1S/C22H28N2O4S/c1-22(2,3)24-29(26,27)20-14-17(10-12-19(20)28-4)21(25)23-18-11-9-15-7-5-6-8-16(15)13-18/h5-8,10,12,14,18,24H,9,11,13H2,1-4H3,(H,23,25). The van der Waals surface area contributed by atoms with Crippen LogP contribution in [0.3, 0.4) is 0 Å². The largest absolute Gasteiger partial charge is 0.495 e. The zero-order valence-corrected chi connectivity index (χ0v) is 18.1. The maximum atomic E-state index is 12.8. The number of fused-ring (bicyclic) bond motifs is 1. The van der Waals surface area contributed by atoms with Crippen molar-refractivity contribution in [2.45, 2.75) is 56.5 Å². The van der Waals surface area contributed by atoms with Crippen LogP contribution in [0.2, 0.25) is 0 Å². The molecule has 0 saturated carbocycles. The molecular formula is C22H28N2O4S. The Morgan fingerprint density at radius 1 is 1.10 bits per heavy atom. The monoisotopic (exact) mass is 416 g/mol. The Labute approximate surface area is 172 Å².